The molecule has 84 valence electrons. The molecule has 0 saturated heterocycles. The van der Waals surface area contributed by atoms with Gasteiger partial charge in [0.25, 0.3) is 0 Å². The van der Waals surface area contributed by atoms with Gasteiger partial charge in [-0.3, -0.25) is 9.48 Å². The van der Waals surface area contributed by atoms with Crippen molar-refractivity contribution in [3.05, 3.63) is 16.4 Å². The molecular formula is C11H17ClN2O. The maximum atomic E-state index is 11.2. The normalized spacial score (nSPS) is 12.9. The number of aryl methyl sites for hydroxylation is 2. The minimum atomic E-state index is 0.00241. The number of carbonyl (C=O) groups is 1. The first kappa shape index (κ1) is 12.2. The lowest BCUT2D eigenvalue weighted by molar-refractivity contribution is -0.120. The topological polar surface area (TPSA) is 34.9 Å². The maximum Gasteiger partial charge on any atom is 0.133 e. The summed E-state index contributed by atoms with van der Waals surface area (Å²) < 4.78 is 1.78. The number of carbonyl (C=O) groups excluding carboxylic acids is 1. The molecule has 0 aliphatic rings. The van der Waals surface area contributed by atoms with E-state index in [4.69, 9.17) is 11.6 Å². The Morgan fingerprint density at radius 1 is 1.60 bits per heavy atom. The van der Waals surface area contributed by atoms with Crippen LogP contribution in [-0.2, 0) is 24.7 Å². The fraction of sp³-hybridized carbons (Fsp3) is 0.636. The van der Waals surface area contributed by atoms with E-state index in [0.717, 1.165) is 17.8 Å². The number of hydrogen-bond donors (Lipinski definition) is 0. The van der Waals surface area contributed by atoms with Gasteiger partial charge in [0, 0.05) is 19.4 Å². The van der Waals surface area contributed by atoms with Crippen LogP contribution in [0.4, 0.5) is 0 Å². The Balaban J connectivity index is 2.94. The standard InChI is InChI=1S/C11H17ClN2O/c1-5-9-11(12)10(14(4)13-9)6-7(2)8(3)15/h7H,5-6H2,1-4H3. The number of Topliss-reactive ketones (excluding diaryl/α,β-unsaturated/α-hetero) is 1. The number of ketones is 1. The van der Waals surface area contributed by atoms with E-state index < -0.39 is 0 Å². The molecule has 0 aliphatic heterocycles. The Morgan fingerprint density at radius 2 is 2.20 bits per heavy atom. The molecule has 3 nitrogen and oxygen atoms in total. The summed E-state index contributed by atoms with van der Waals surface area (Å²) in [5, 5.41) is 5.03. The molecular weight excluding hydrogens is 212 g/mol. The second kappa shape index (κ2) is 4.79. The summed E-state index contributed by atoms with van der Waals surface area (Å²) in [6, 6.07) is 0. The number of hydrogen-bond acceptors (Lipinski definition) is 2. The van der Waals surface area contributed by atoms with E-state index in [2.05, 4.69) is 5.10 Å². The molecule has 0 fully saturated rings. The first-order chi connectivity index (χ1) is 6.97. The zero-order valence-corrected chi connectivity index (χ0v) is 10.4. The highest BCUT2D eigenvalue weighted by molar-refractivity contribution is 6.31. The van der Waals surface area contributed by atoms with Crippen molar-refractivity contribution in [1.29, 1.82) is 0 Å². The van der Waals surface area contributed by atoms with Gasteiger partial charge in [-0.1, -0.05) is 25.4 Å². The van der Waals surface area contributed by atoms with Crippen LogP contribution in [0.15, 0.2) is 0 Å². The van der Waals surface area contributed by atoms with Gasteiger partial charge >= 0.3 is 0 Å². The summed E-state index contributed by atoms with van der Waals surface area (Å²) in [5.41, 5.74) is 1.86. The second-order valence-electron chi connectivity index (χ2n) is 3.90. The van der Waals surface area contributed by atoms with Crippen LogP contribution in [0.2, 0.25) is 5.02 Å². The quantitative estimate of drug-likeness (QED) is 0.793. The number of halogens is 1. The minimum Gasteiger partial charge on any atom is -0.300 e. The van der Waals surface area contributed by atoms with Crippen molar-refractivity contribution < 1.29 is 4.79 Å². The van der Waals surface area contributed by atoms with Crippen molar-refractivity contribution in [3.63, 3.8) is 0 Å². The monoisotopic (exact) mass is 228 g/mol. The lowest BCUT2D eigenvalue weighted by Crippen LogP contribution is -2.12. The highest BCUT2D eigenvalue weighted by Crippen LogP contribution is 2.23. The zero-order chi connectivity index (χ0) is 11.6. The van der Waals surface area contributed by atoms with Gasteiger partial charge in [0.1, 0.15) is 5.78 Å². The molecule has 0 N–H and O–H groups in total. The van der Waals surface area contributed by atoms with Crippen LogP contribution < -0.4 is 0 Å². The van der Waals surface area contributed by atoms with Crippen LogP contribution in [0, 0.1) is 5.92 Å². The maximum absolute atomic E-state index is 11.2. The fourth-order valence-electron chi connectivity index (χ4n) is 1.48. The van der Waals surface area contributed by atoms with Crippen molar-refractivity contribution in [2.75, 3.05) is 0 Å². The Bertz CT molecular complexity index is 371. The first-order valence-corrected chi connectivity index (χ1v) is 5.55. The molecule has 0 bridgehead atoms. The molecule has 0 radical (unpaired) electrons. The van der Waals surface area contributed by atoms with Crippen molar-refractivity contribution >= 4 is 17.4 Å². The minimum absolute atomic E-state index is 0.00241. The largest absolute Gasteiger partial charge is 0.300 e. The number of nitrogens with zero attached hydrogens (tertiary/aromatic N) is 2. The molecule has 0 aromatic carbocycles. The Hall–Kier alpha value is -0.830. The SMILES string of the molecule is CCc1nn(C)c(CC(C)C(C)=O)c1Cl. The van der Waals surface area contributed by atoms with Crippen LogP contribution in [0.1, 0.15) is 32.2 Å². The molecule has 0 amide bonds. The summed E-state index contributed by atoms with van der Waals surface area (Å²) >= 11 is 6.18. The molecule has 1 atom stereocenters. The third kappa shape index (κ3) is 2.59. The molecule has 0 saturated carbocycles. The summed E-state index contributed by atoms with van der Waals surface area (Å²) in [6.07, 6.45) is 1.48. The van der Waals surface area contributed by atoms with Crippen LogP contribution >= 0.6 is 11.6 Å². The molecule has 1 heterocycles. The fourth-order valence-corrected chi connectivity index (χ4v) is 1.85. The van der Waals surface area contributed by atoms with Gasteiger partial charge in [-0.25, -0.2) is 0 Å². The highest BCUT2D eigenvalue weighted by atomic mass is 35.5. The van der Waals surface area contributed by atoms with Gasteiger partial charge in [0.05, 0.1) is 16.4 Å². The predicted octanol–water partition coefficient (Wildman–Crippen LogP) is 2.40. The Labute approximate surface area is 95.4 Å². The van der Waals surface area contributed by atoms with Gasteiger partial charge in [-0.15, -0.1) is 0 Å². The van der Waals surface area contributed by atoms with Crippen LogP contribution in [0.5, 0.6) is 0 Å². The van der Waals surface area contributed by atoms with Gasteiger partial charge in [-0.05, 0) is 13.3 Å². The van der Waals surface area contributed by atoms with E-state index in [-0.39, 0.29) is 11.7 Å². The summed E-state index contributed by atoms with van der Waals surface area (Å²) in [7, 11) is 1.87. The van der Waals surface area contributed by atoms with E-state index in [0.29, 0.717) is 11.4 Å². The van der Waals surface area contributed by atoms with Crippen molar-refractivity contribution in [2.24, 2.45) is 13.0 Å². The van der Waals surface area contributed by atoms with Gasteiger partial charge in [0.15, 0.2) is 0 Å². The van der Waals surface area contributed by atoms with Crippen LogP contribution in [0.3, 0.4) is 0 Å². The number of aromatic nitrogens is 2. The summed E-state index contributed by atoms with van der Waals surface area (Å²) in [4.78, 5) is 11.2. The predicted molar refractivity (Wildman–Crippen MR) is 61.1 cm³/mol. The second-order valence-corrected chi connectivity index (χ2v) is 4.28. The molecule has 1 unspecified atom stereocenters. The van der Waals surface area contributed by atoms with E-state index in [1.807, 2.05) is 20.9 Å². The first-order valence-electron chi connectivity index (χ1n) is 5.18. The average Bonchev–Trinajstić information content (AvgIpc) is 2.44. The lowest BCUT2D eigenvalue weighted by atomic mass is 10.0. The highest BCUT2D eigenvalue weighted by Gasteiger charge is 2.17. The van der Waals surface area contributed by atoms with Crippen molar-refractivity contribution in [3.8, 4) is 0 Å². The Morgan fingerprint density at radius 3 is 2.60 bits per heavy atom. The molecule has 4 heteroatoms. The van der Waals surface area contributed by atoms with E-state index in [1.54, 1.807) is 11.6 Å². The third-order valence-electron chi connectivity index (χ3n) is 2.70. The number of rotatable bonds is 4. The summed E-state index contributed by atoms with van der Waals surface area (Å²) in [6.45, 7) is 5.54. The lowest BCUT2D eigenvalue weighted by Gasteiger charge is -2.07. The molecule has 1 rings (SSSR count). The Kier molecular flexibility index (Phi) is 3.91. The van der Waals surface area contributed by atoms with E-state index >= 15 is 0 Å². The van der Waals surface area contributed by atoms with E-state index in [9.17, 15) is 4.79 Å². The van der Waals surface area contributed by atoms with E-state index in [1.165, 1.54) is 0 Å². The van der Waals surface area contributed by atoms with Gasteiger partial charge in [-0.2, -0.15) is 5.10 Å². The molecule has 1 aromatic rings. The average molecular weight is 229 g/mol. The molecule has 0 aliphatic carbocycles. The molecule has 0 spiro atoms. The smallest absolute Gasteiger partial charge is 0.133 e. The van der Waals surface area contributed by atoms with Gasteiger partial charge < -0.3 is 0 Å². The van der Waals surface area contributed by atoms with Crippen LogP contribution in [0.25, 0.3) is 0 Å². The molecule has 15 heavy (non-hydrogen) atoms. The third-order valence-corrected chi connectivity index (χ3v) is 3.13. The molecule has 1 aromatic heterocycles. The zero-order valence-electron chi connectivity index (χ0n) is 9.67. The van der Waals surface area contributed by atoms with Crippen molar-refractivity contribution in [2.45, 2.75) is 33.6 Å². The van der Waals surface area contributed by atoms with Crippen molar-refractivity contribution in [1.82, 2.24) is 9.78 Å². The van der Waals surface area contributed by atoms with Gasteiger partial charge in [0.2, 0.25) is 0 Å². The van der Waals surface area contributed by atoms with Crippen LogP contribution in [-0.4, -0.2) is 15.6 Å². The summed E-state index contributed by atoms with van der Waals surface area (Å²) in [5.74, 6) is 0.188.